The zero-order valence-electron chi connectivity index (χ0n) is 23.5. The third-order valence-electron chi connectivity index (χ3n) is 6.86. The lowest BCUT2D eigenvalue weighted by molar-refractivity contribution is -0.139. The van der Waals surface area contributed by atoms with Crippen LogP contribution in [0.4, 0.5) is 5.69 Å². The molecule has 0 aliphatic heterocycles. The Morgan fingerprint density at radius 2 is 1.60 bits per heavy atom. The lowest BCUT2D eigenvalue weighted by Gasteiger charge is -2.33. The average Bonchev–Trinajstić information content (AvgIpc) is 2.98. The molecule has 4 aromatic carbocycles. The molecular weight excluding hydrogens is 673 g/mol. The maximum absolute atomic E-state index is 14.3. The van der Waals surface area contributed by atoms with Gasteiger partial charge in [0.15, 0.2) is 0 Å². The second kappa shape index (κ2) is 14.4. The predicted octanol–water partition coefficient (Wildman–Crippen LogP) is 6.65. The summed E-state index contributed by atoms with van der Waals surface area (Å²) in [6.45, 7) is 1.23. The molecule has 0 aliphatic rings. The number of benzene rings is 4. The monoisotopic (exact) mass is 701 g/mol. The molecule has 224 valence electrons. The molecule has 11 heteroatoms. The van der Waals surface area contributed by atoms with Crippen molar-refractivity contribution in [2.45, 2.75) is 30.8 Å². The summed E-state index contributed by atoms with van der Waals surface area (Å²) in [4.78, 5) is 29.1. The van der Waals surface area contributed by atoms with Crippen LogP contribution in [0.1, 0.15) is 16.7 Å². The van der Waals surface area contributed by atoms with E-state index in [1.165, 1.54) is 24.1 Å². The summed E-state index contributed by atoms with van der Waals surface area (Å²) in [5.41, 5.74) is 2.56. The SMILES string of the molecule is CNC(=O)[C@@H](Cc1ccccc1)N(Cc1ccc(Cl)cc1Cl)C(=O)CN(c1cccc(Br)c1)S(=O)(=O)c1ccc(C)cc1. The first kappa shape index (κ1) is 32.5. The first-order valence-electron chi connectivity index (χ1n) is 13.3. The highest BCUT2D eigenvalue weighted by molar-refractivity contribution is 9.10. The van der Waals surface area contributed by atoms with E-state index in [9.17, 15) is 18.0 Å². The number of rotatable bonds is 11. The van der Waals surface area contributed by atoms with Crippen molar-refractivity contribution in [2.75, 3.05) is 17.9 Å². The summed E-state index contributed by atoms with van der Waals surface area (Å²) in [6, 6.07) is 26.3. The van der Waals surface area contributed by atoms with Crippen LogP contribution in [0.2, 0.25) is 10.0 Å². The van der Waals surface area contributed by atoms with Gasteiger partial charge in [-0.1, -0.05) is 99.3 Å². The van der Waals surface area contributed by atoms with Crippen molar-refractivity contribution in [2.24, 2.45) is 0 Å². The molecule has 7 nitrogen and oxygen atoms in total. The van der Waals surface area contributed by atoms with Crippen LogP contribution in [-0.4, -0.2) is 44.8 Å². The van der Waals surface area contributed by atoms with Crippen molar-refractivity contribution in [3.05, 3.63) is 128 Å². The van der Waals surface area contributed by atoms with Gasteiger partial charge in [0.2, 0.25) is 11.8 Å². The van der Waals surface area contributed by atoms with Gasteiger partial charge < -0.3 is 10.2 Å². The number of anilines is 1. The van der Waals surface area contributed by atoms with E-state index in [4.69, 9.17) is 23.2 Å². The number of carbonyl (C=O) groups is 2. The van der Waals surface area contributed by atoms with Crippen molar-refractivity contribution < 1.29 is 18.0 Å². The molecule has 43 heavy (non-hydrogen) atoms. The Labute approximate surface area is 270 Å². The van der Waals surface area contributed by atoms with E-state index in [1.807, 2.05) is 37.3 Å². The quantitative estimate of drug-likeness (QED) is 0.190. The Kier molecular flexibility index (Phi) is 10.9. The van der Waals surface area contributed by atoms with Crippen LogP contribution in [0, 0.1) is 6.92 Å². The molecule has 0 unspecified atom stereocenters. The smallest absolute Gasteiger partial charge is 0.264 e. The minimum Gasteiger partial charge on any atom is -0.357 e. The molecule has 0 bridgehead atoms. The van der Waals surface area contributed by atoms with Gasteiger partial charge in [-0.3, -0.25) is 13.9 Å². The number of nitrogens with one attached hydrogen (secondary N) is 1. The van der Waals surface area contributed by atoms with Gasteiger partial charge in [0.1, 0.15) is 12.6 Å². The van der Waals surface area contributed by atoms with E-state index in [0.717, 1.165) is 15.4 Å². The fourth-order valence-electron chi connectivity index (χ4n) is 4.55. The maximum Gasteiger partial charge on any atom is 0.264 e. The molecule has 0 fully saturated rings. The Hall–Kier alpha value is -3.37. The van der Waals surface area contributed by atoms with Gasteiger partial charge in [0, 0.05) is 34.5 Å². The molecule has 2 amide bonds. The molecule has 0 saturated heterocycles. The molecule has 0 spiro atoms. The van der Waals surface area contributed by atoms with Gasteiger partial charge in [-0.25, -0.2) is 8.42 Å². The van der Waals surface area contributed by atoms with Gasteiger partial charge in [0.05, 0.1) is 10.6 Å². The highest BCUT2D eigenvalue weighted by Gasteiger charge is 2.34. The Morgan fingerprint density at radius 1 is 0.907 bits per heavy atom. The van der Waals surface area contributed by atoms with E-state index in [1.54, 1.807) is 54.6 Å². The normalized spacial score (nSPS) is 11.9. The van der Waals surface area contributed by atoms with Crippen molar-refractivity contribution in [3.8, 4) is 0 Å². The summed E-state index contributed by atoms with van der Waals surface area (Å²) in [5.74, 6) is -0.996. The molecule has 1 N–H and O–H groups in total. The maximum atomic E-state index is 14.3. The van der Waals surface area contributed by atoms with Gasteiger partial charge in [-0.2, -0.15) is 0 Å². The number of nitrogens with zero attached hydrogens (tertiary/aromatic N) is 2. The number of carbonyl (C=O) groups excluding carboxylic acids is 2. The fourth-order valence-corrected chi connectivity index (χ4v) is 6.81. The van der Waals surface area contributed by atoms with Crippen molar-refractivity contribution in [3.63, 3.8) is 0 Å². The molecule has 0 saturated carbocycles. The molecule has 0 aliphatic carbocycles. The number of amides is 2. The number of aryl methyl sites for hydroxylation is 1. The van der Waals surface area contributed by atoms with Crippen LogP contribution >= 0.6 is 39.1 Å². The van der Waals surface area contributed by atoms with Crippen LogP contribution in [0.15, 0.2) is 106 Å². The number of halogens is 3. The largest absolute Gasteiger partial charge is 0.357 e. The zero-order chi connectivity index (χ0) is 31.1. The van der Waals surface area contributed by atoms with Gasteiger partial charge in [0.25, 0.3) is 10.0 Å². The van der Waals surface area contributed by atoms with Gasteiger partial charge in [-0.05, 0) is 60.5 Å². The summed E-state index contributed by atoms with van der Waals surface area (Å²) in [6.07, 6.45) is 0.194. The molecule has 0 heterocycles. The van der Waals surface area contributed by atoms with E-state index in [0.29, 0.717) is 20.1 Å². The van der Waals surface area contributed by atoms with Crippen LogP contribution in [0.25, 0.3) is 0 Å². The second-order valence-corrected chi connectivity index (χ2v) is 13.5. The fraction of sp³-hybridized carbons (Fsp3) is 0.188. The van der Waals surface area contributed by atoms with Crippen LogP contribution in [-0.2, 0) is 32.6 Å². The van der Waals surface area contributed by atoms with Gasteiger partial charge in [-0.15, -0.1) is 0 Å². The average molecular weight is 703 g/mol. The highest BCUT2D eigenvalue weighted by atomic mass is 79.9. The summed E-state index contributed by atoms with van der Waals surface area (Å²) in [7, 11) is -2.70. The van der Waals surface area contributed by atoms with Crippen LogP contribution in [0.3, 0.4) is 0 Å². The second-order valence-electron chi connectivity index (χ2n) is 9.88. The number of hydrogen-bond donors (Lipinski definition) is 1. The highest BCUT2D eigenvalue weighted by Crippen LogP contribution is 2.28. The van der Waals surface area contributed by atoms with Crippen molar-refractivity contribution in [1.29, 1.82) is 0 Å². The minimum absolute atomic E-state index is 0.0327. The molecular formula is C32H30BrCl2N3O4S. The third kappa shape index (κ3) is 8.17. The lowest BCUT2D eigenvalue weighted by atomic mass is 10.0. The topological polar surface area (TPSA) is 86.8 Å². The third-order valence-corrected chi connectivity index (χ3v) is 9.73. The molecule has 4 rings (SSSR count). The van der Waals surface area contributed by atoms with Gasteiger partial charge >= 0.3 is 0 Å². The molecule has 0 radical (unpaired) electrons. The first-order valence-corrected chi connectivity index (χ1v) is 16.3. The Bertz CT molecular complexity index is 1700. The number of hydrogen-bond acceptors (Lipinski definition) is 4. The standard InChI is InChI=1S/C32H30BrCl2N3O4S/c1-22-11-15-28(16-12-22)43(41,42)38(27-10-6-9-25(33)18-27)21-31(39)37(20-24-13-14-26(34)19-29(24)35)30(32(40)36-2)17-23-7-4-3-5-8-23/h3-16,18-19,30H,17,20-21H2,1-2H3,(H,36,40)/t30-/m1/s1. The summed E-state index contributed by atoms with van der Waals surface area (Å²) < 4.78 is 29.8. The molecule has 1 atom stereocenters. The predicted molar refractivity (Wildman–Crippen MR) is 175 cm³/mol. The Balaban J connectivity index is 1.81. The van der Waals surface area contributed by atoms with E-state index >= 15 is 0 Å². The van der Waals surface area contributed by atoms with E-state index < -0.39 is 34.4 Å². The lowest BCUT2D eigenvalue weighted by Crippen LogP contribution is -2.53. The van der Waals surface area contributed by atoms with E-state index in [-0.39, 0.29) is 23.5 Å². The van der Waals surface area contributed by atoms with Crippen molar-refractivity contribution in [1.82, 2.24) is 10.2 Å². The molecule has 0 aromatic heterocycles. The van der Waals surface area contributed by atoms with Crippen LogP contribution < -0.4 is 9.62 Å². The Morgan fingerprint density at radius 3 is 2.23 bits per heavy atom. The first-order chi connectivity index (χ1) is 20.5. The van der Waals surface area contributed by atoms with E-state index in [2.05, 4.69) is 21.2 Å². The number of sulfonamides is 1. The summed E-state index contributed by atoms with van der Waals surface area (Å²) >= 11 is 16.0. The van der Waals surface area contributed by atoms with Crippen molar-refractivity contribution >= 4 is 66.7 Å². The van der Waals surface area contributed by atoms with Crippen LogP contribution in [0.5, 0.6) is 0 Å². The zero-order valence-corrected chi connectivity index (χ0v) is 27.4. The minimum atomic E-state index is -4.19. The summed E-state index contributed by atoms with van der Waals surface area (Å²) in [5, 5.41) is 3.40. The number of likely N-dealkylation sites (N-methyl/N-ethyl adjacent to an activating group) is 1. The molecule has 4 aromatic rings.